The number of carbonyl (C=O) groups is 2. The van der Waals surface area contributed by atoms with E-state index in [0.717, 1.165) is 42.4 Å². The lowest BCUT2D eigenvalue weighted by atomic mass is 9.86. The number of ether oxygens (including phenoxy) is 2. The molecule has 1 heterocycles. The minimum Gasteiger partial charge on any atom is -0.461 e. The number of aliphatic hydroxyl groups excluding tert-OH is 1. The summed E-state index contributed by atoms with van der Waals surface area (Å²) in [5, 5.41) is 10.0. The number of cyclic esters (lactones) is 1. The molecule has 3 rings (SSSR count). The van der Waals surface area contributed by atoms with Gasteiger partial charge in [-0.2, -0.15) is 0 Å². The van der Waals surface area contributed by atoms with Crippen molar-refractivity contribution < 1.29 is 24.2 Å². The minimum atomic E-state index is -1.19. The summed E-state index contributed by atoms with van der Waals surface area (Å²) in [7, 11) is 0. The van der Waals surface area contributed by atoms with Gasteiger partial charge in [-0.3, -0.25) is 4.79 Å². The average molecular weight is 559 g/mol. The first-order valence-electron chi connectivity index (χ1n) is 14.9. The van der Waals surface area contributed by atoms with E-state index in [1.807, 2.05) is 42.5 Å². The molecule has 1 aliphatic rings. The third kappa shape index (κ3) is 10.9. The first kappa shape index (κ1) is 32.2. The maximum atomic E-state index is 12.6. The van der Waals surface area contributed by atoms with E-state index in [1.54, 1.807) is 0 Å². The van der Waals surface area contributed by atoms with Crippen molar-refractivity contribution in [2.75, 3.05) is 13.2 Å². The zero-order chi connectivity index (χ0) is 29.8. The highest BCUT2D eigenvalue weighted by molar-refractivity contribution is 5.91. The van der Waals surface area contributed by atoms with Crippen LogP contribution < -0.4 is 0 Å². The average Bonchev–Trinajstić information content (AvgIpc) is 3.26. The molecule has 1 aliphatic heterocycles. The van der Waals surface area contributed by atoms with Crippen LogP contribution in [0.3, 0.4) is 0 Å². The van der Waals surface area contributed by atoms with Crippen molar-refractivity contribution >= 4 is 11.9 Å². The Bertz CT molecular complexity index is 1220. The number of aliphatic hydroxyl groups is 1. The first-order valence-corrected chi connectivity index (χ1v) is 14.9. The Morgan fingerprint density at radius 2 is 1.59 bits per heavy atom. The Hall–Kier alpha value is -3.36. The molecule has 0 spiro atoms. The molecule has 0 bridgehead atoms. The molecule has 0 saturated carbocycles. The molecule has 0 radical (unpaired) electrons. The van der Waals surface area contributed by atoms with Crippen molar-refractivity contribution in [3.05, 3.63) is 82.4 Å². The number of aryl methyl sites for hydroxylation is 2. The molecular formula is C36H46O5. The Morgan fingerprint density at radius 3 is 2.15 bits per heavy atom. The minimum absolute atomic E-state index is 0.138. The monoisotopic (exact) mass is 558 g/mol. The van der Waals surface area contributed by atoms with Crippen LogP contribution >= 0.6 is 0 Å². The van der Waals surface area contributed by atoms with Crippen molar-refractivity contribution in [3.63, 3.8) is 0 Å². The fourth-order valence-corrected chi connectivity index (χ4v) is 5.28. The van der Waals surface area contributed by atoms with E-state index in [4.69, 9.17) is 9.47 Å². The van der Waals surface area contributed by atoms with Gasteiger partial charge in [0.1, 0.15) is 6.61 Å². The molecule has 1 saturated heterocycles. The highest BCUT2D eigenvalue weighted by Crippen LogP contribution is 2.33. The second kappa shape index (κ2) is 15.6. The number of allylic oxidation sites excluding steroid dienone is 1. The number of carbonyl (C=O) groups excluding carboxylic acids is 2. The van der Waals surface area contributed by atoms with Gasteiger partial charge in [0.15, 0.2) is 5.60 Å². The Kier molecular flexibility index (Phi) is 12.2. The summed E-state index contributed by atoms with van der Waals surface area (Å²) in [5.74, 6) is 7.26. The van der Waals surface area contributed by atoms with Gasteiger partial charge >= 0.3 is 11.9 Å². The number of esters is 2. The van der Waals surface area contributed by atoms with Crippen molar-refractivity contribution in [2.45, 2.75) is 85.2 Å². The smallest absolute Gasteiger partial charge is 0.334 e. The lowest BCUT2D eigenvalue weighted by Crippen LogP contribution is -2.39. The van der Waals surface area contributed by atoms with E-state index in [-0.39, 0.29) is 32.0 Å². The predicted molar refractivity (Wildman–Crippen MR) is 163 cm³/mol. The van der Waals surface area contributed by atoms with Gasteiger partial charge in [0.2, 0.25) is 0 Å². The molecule has 1 N–H and O–H groups in total. The number of hydrogen-bond acceptors (Lipinski definition) is 5. The summed E-state index contributed by atoms with van der Waals surface area (Å²) in [6.45, 7) is 10.4. The van der Waals surface area contributed by atoms with E-state index < -0.39 is 11.6 Å². The topological polar surface area (TPSA) is 72.8 Å². The summed E-state index contributed by atoms with van der Waals surface area (Å²) < 4.78 is 11.0. The fraction of sp³-hybridized carbons (Fsp3) is 0.500. The second-order valence-electron chi connectivity index (χ2n) is 12.3. The third-order valence-corrected chi connectivity index (χ3v) is 7.38. The van der Waals surface area contributed by atoms with Gasteiger partial charge in [0.25, 0.3) is 0 Å². The maximum Gasteiger partial charge on any atom is 0.334 e. The zero-order valence-corrected chi connectivity index (χ0v) is 25.4. The molecule has 0 aliphatic carbocycles. The predicted octanol–water partition coefficient (Wildman–Crippen LogP) is 6.96. The Morgan fingerprint density at radius 1 is 1.00 bits per heavy atom. The molecule has 1 fully saturated rings. The van der Waals surface area contributed by atoms with Gasteiger partial charge in [-0.05, 0) is 86.6 Å². The van der Waals surface area contributed by atoms with Crippen LogP contribution in [0.25, 0.3) is 0 Å². The molecule has 220 valence electrons. The van der Waals surface area contributed by atoms with Crippen molar-refractivity contribution in [2.24, 2.45) is 17.8 Å². The van der Waals surface area contributed by atoms with E-state index >= 15 is 0 Å². The van der Waals surface area contributed by atoms with E-state index in [1.165, 1.54) is 5.56 Å². The fourth-order valence-electron chi connectivity index (χ4n) is 5.28. The van der Waals surface area contributed by atoms with Crippen LogP contribution in [0.2, 0.25) is 0 Å². The quantitative estimate of drug-likeness (QED) is 0.163. The zero-order valence-electron chi connectivity index (χ0n) is 25.4. The molecule has 5 heteroatoms. The molecule has 5 nitrogen and oxygen atoms in total. The van der Waals surface area contributed by atoms with Crippen molar-refractivity contribution in [1.82, 2.24) is 0 Å². The van der Waals surface area contributed by atoms with Crippen molar-refractivity contribution in [1.29, 1.82) is 0 Å². The summed E-state index contributed by atoms with van der Waals surface area (Å²) in [4.78, 5) is 25.0. The summed E-state index contributed by atoms with van der Waals surface area (Å²) in [6.07, 6.45) is 6.86. The van der Waals surface area contributed by atoms with Gasteiger partial charge in [-0.1, -0.05) is 75.4 Å². The summed E-state index contributed by atoms with van der Waals surface area (Å²) in [5.41, 5.74) is 3.64. The normalized spacial score (nSPS) is 17.7. The van der Waals surface area contributed by atoms with Crippen LogP contribution in [0.5, 0.6) is 0 Å². The molecule has 0 amide bonds. The van der Waals surface area contributed by atoms with E-state index in [2.05, 4.69) is 58.6 Å². The van der Waals surface area contributed by atoms with Gasteiger partial charge in [0.05, 0.1) is 6.61 Å². The van der Waals surface area contributed by atoms with Crippen LogP contribution in [0.15, 0.2) is 60.2 Å². The lowest BCUT2D eigenvalue weighted by molar-refractivity contribution is -0.166. The molecule has 1 atom stereocenters. The first-order chi connectivity index (χ1) is 19.6. The van der Waals surface area contributed by atoms with E-state index in [0.29, 0.717) is 29.7 Å². The van der Waals surface area contributed by atoms with Gasteiger partial charge in [-0.25, -0.2) is 4.79 Å². The van der Waals surface area contributed by atoms with Gasteiger partial charge in [-0.15, -0.1) is 0 Å². The molecule has 2 aromatic rings. The molecule has 0 unspecified atom stereocenters. The standard InChI is InChI=1S/C36H46O5/c1-26(2)21-32(22-27(3)4)19-20-33-23-36(24-37,41-35(33)39)25-40-34(38)8-6-7-29-13-15-31(16-14-29)18-17-30-11-9-28(5)10-12-30/h9-16,20,26-27,32,37H,6-8,19,21-25H2,1-5H3/b33-20+/t36-/m1/s1. The van der Waals surface area contributed by atoms with Crippen LogP contribution in [-0.4, -0.2) is 35.9 Å². The summed E-state index contributed by atoms with van der Waals surface area (Å²) in [6, 6.07) is 16.2. The number of hydrogen-bond donors (Lipinski definition) is 1. The SMILES string of the molecule is Cc1ccc(C#Cc2ccc(CCCC(=O)OC[C@]3(CO)C/C(=C\CC(CC(C)C)CC(C)C)C(=O)O3)cc2)cc1. The molecular weight excluding hydrogens is 512 g/mol. The number of benzene rings is 2. The molecule has 41 heavy (non-hydrogen) atoms. The van der Waals surface area contributed by atoms with Gasteiger partial charge in [0, 0.05) is 29.5 Å². The lowest BCUT2D eigenvalue weighted by Gasteiger charge is -2.24. The number of rotatable bonds is 13. The van der Waals surface area contributed by atoms with Gasteiger partial charge < -0.3 is 14.6 Å². The van der Waals surface area contributed by atoms with Crippen LogP contribution in [-0.2, 0) is 25.5 Å². The van der Waals surface area contributed by atoms with Crippen LogP contribution in [0, 0.1) is 36.5 Å². The summed E-state index contributed by atoms with van der Waals surface area (Å²) >= 11 is 0. The Balaban J connectivity index is 1.44. The highest BCUT2D eigenvalue weighted by atomic mass is 16.6. The highest BCUT2D eigenvalue weighted by Gasteiger charge is 2.44. The molecule has 0 aromatic heterocycles. The third-order valence-electron chi connectivity index (χ3n) is 7.38. The van der Waals surface area contributed by atoms with E-state index in [9.17, 15) is 14.7 Å². The van der Waals surface area contributed by atoms with Crippen molar-refractivity contribution in [3.8, 4) is 11.8 Å². The Labute approximate surface area is 246 Å². The maximum absolute atomic E-state index is 12.6. The second-order valence-corrected chi connectivity index (χ2v) is 12.3. The van der Waals surface area contributed by atoms with Crippen LogP contribution in [0.4, 0.5) is 0 Å². The molecule has 2 aromatic carbocycles. The van der Waals surface area contributed by atoms with Crippen LogP contribution in [0.1, 0.15) is 88.5 Å². The largest absolute Gasteiger partial charge is 0.461 e.